The first-order valence-electron chi connectivity index (χ1n) is 7.15. The number of nitrogens with one attached hydrogen (secondary N) is 1. The third kappa shape index (κ3) is 2.68. The van der Waals surface area contributed by atoms with Crippen LogP contribution < -0.4 is 5.32 Å². The molecule has 0 fully saturated rings. The molecule has 8 heteroatoms. The monoisotopic (exact) mass is 317 g/mol. The van der Waals surface area contributed by atoms with Gasteiger partial charge in [-0.1, -0.05) is 12.1 Å². The number of aromatic nitrogens is 6. The summed E-state index contributed by atoms with van der Waals surface area (Å²) in [5.74, 6) is 0.0483. The van der Waals surface area contributed by atoms with Crippen LogP contribution in [0.2, 0.25) is 0 Å². The van der Waals surface area contributed by atoms with Crippen LogP contribution in [0.25, 0.3) is 17.0 Å². The number of amides is 1. The molecule has 1 N–H and O–H groups in total. The normalized spacial score (nSPS) is 10.7. The van der Waals surface area contributed by atoms with Crippen molar-refractivity contribution >= 4 is 22.6 Å². The Labute approximate surface area is 136 Å². The highest BCUT2D eigenvalue weighted by atomic mass is 16.1. The van der Waals surface area contributed by atoms with Gasteiger partial charge in [-0.25, -0.2) is 19.6 Å². The van der Waals surface area contributed by atoms with Crippen LogP contribution in [0.5, 0.6) is 0 Å². The first-order valence-corrected chi connectivity index (χ1v) is 7.15. The minimum atomic E-state index is -0.372. The van der Waals surface area contributed by atoms with Crippen LogP contribution in [0, 0.1) is 0 Å². The average molecular weight is 317 g/mol. The SMILES string of the molecule is O=C(Nc1cnc(-n2cccn2)nc1)c1cnc2ccccc2n1. The summed E-state index contributed by atoms with van der Waals surface area (Å²) in [5.41, 5.74) is 2.09. The quantitative estimate of drug-likeness (QED) is 0.619. The molecule has 24 heavy (non-hydrogen) atoms. The fourth-order valence-corrected chi connectivity index (χ4v) is 2.15. The minimum Gasteiger partial charge on any atom is -0.318 e. The summed E-state index contributed by atoms with van der Waals surface area (Å²) < 4.78 is 1.53. The molecule has 0 radical (unpaired) electrons. The number of anilines is 1. The van der Waals surface area contributed by atoms with Crippen LogP contribution in [0.4, 0.5) is 5.69 Å². The molecule has 1 amide bonds. The van der Waals surface area contributed by atoms with E-state index in [1.165, 1.54) is 23.3 Å². The van der Waals surface area contributed by atoms with Gasteiger partial charge in [0.05, 0.1) is 35.3 Å². The number of fused-ring (bicyclic) bond motifs is 1. The molecule has 4 aromatic rings. The molecular formula is C16H11N7O. The van der Waals surface area contributed by atoms with E-state index in [1.54, 1.807) is 24.5 Å². The first kappa shape index (κ1) is 13.9. The van der Waals surface area contributed by atoms with Gasteiger partial charge in [0.1, 0.15) is 5.69 Å². The number of rotatable bonds is 3. The molecule has 0 aliphatic heterocycles. The Morgan fingerprint density at radius 1 is 0.958 bits per heavy atom. The molecule has 0 saturated carbocycles. The highest BCUT2D eigenvalue weighted by Crippen LogP contribution is 2.11. The van der Waals surface area contributed by atoms with Crippen LogP contribution in [0.1, 0.15) is 10.5 Å². The van der Waals surface area contributed by atoms with Gasteiger partial charge in [-0.05, 0) is 18.2 Å². The Morgan fingerprint density at radius 3 is 2.50 bits per heavy atom. The van der Waals surface area contributed by atoms with Crippen LogP contribution in [-0.4, -0.2) is 35.6 Å². The van der Waals surface area contributed by atoms with E-state index >= 15 is 0 Å². The highest BCUT2D eigenvalue weighted by Gasteiger charge is 2.10. The number of hydrogen-bond acceptors (Lipinski definition) is 6. The zero-order chi connectivity index (χ0) is 16.4. The second kappa shape index (κ2) is 5.84. The van der Waals surface area contributed by atoms with Crippen molar-refractivity contribution in [1.29, 1.82) is 0 Å². The molecule has 116 valence electrons. The van der Waals surface area contributed by atoms with Crippen molar-refractivity contribution in [2.75, 3.05) is 5.32 Å². The molecule has 1 aromatic carbocycles. The molecule has 4 rings (SSSR count). The fourth-order valence-electron chi connectivity index (χ4n) is 2.15. The summed E-state index contributed by atoms with van der Waals surface area (Å²) >= 11 is 0. The molecule has 0 aliphatic carbocycles. The predicted octanol–water partition coefficient (Wildman–Crippen LogP) is 1.86. The maximum Gasteiger partial charge on any atom is 0.275 e. The summed E-state index contributed by atoms with van der Waals surface area (Å²) in [5, 5.41) is 6.74. The minimum absolute atomic E-state index is 0.227. The highest BCUT2D eigenvalue weighted by molar-refractivity contribution is 6.03. The first-order chi connectivity index (χ1) is 11.8. The number of hydrogen-bond donors (Lipinski definition) is 1. The molecule has 0 saturated heterocycles. The summed E-state index contributed by atoms with van der Waals surface area (Å²) in [6.45, 7) is 0. The van der Waals surface area contributed by atoms with Gasteiger partial charge in [0, 0.05) is 12.4 Å². The van der Waals surface area contributed by atoms with Gasteiger partial charge in [-0.15, -0.1) is 0 Å². The van der Waals surface area contributed by atoms with E-state index in [0.717, 1.165) is 5.52 Å². The third-order valence-electron chi connectivity index (χ3n) is 3.29. The van der Waals surface area contributed by atoms with Crippen molar-refractivity contribution in [3.8, 4) is 5.95 Å². The zero-order valence-corrected chi connectivity index (χ0v) is 12.4. The number of carbonyl (C=O) groups is 1. The van der Waals surface area contributed by atoms with E-state index < -0.39 is 0 Å². The molecule has 0 spiro atoms. The molecule has 0 bridgehead atoms. The molecule has 0 unspecified atom stereocenters. The van der Waals surface area contributed by atoms with Crippen molar-refractivity contribution in [2.24, 2.45) is 0 Å². The lowest BCUT2D eigenvalue weighted by Crippen LogP contribution is -2.15. The van der Waals surface area contributed by atoms with Crippen LogP contribution in [0.15, 0.2) is 61.3 Å². The summed E-state index contributed by atoms with van der Waals surface area (Å²) in [4.78, 5) is 29.1. The summed E-state index contributed by atoms with van der Waals surface area (Å²) in [6.07, 6.45) is 7.83. The lowest BCUT2D eigenvalue weighted by atomic mass is 10.3. The smallest absolute Gasteiger partial charge is 0.275 e. The topological polar surface area (TPSA) is 98.5 Å². The number of nitrogens with zero attached hydrogens (tertiary/aromatic N) is 6. The van der Waals surface area contributed by atoms with Crippen molar-refractivity contribution in [3.63, 3.8) is 0 Å². The van der Waals surface area contributed by atoms with Gasteiger partial charge in [-0.3, -0.25) is 9.78 Å². The second-order valence-corrected chi connectivity index (χ2v) is 4.92. The van der Waals surface area contributed by atoms with Crippen LogP contribution in [0.3, 0.4) is 0 Å². The fraction of sp³-hybridized carbons (Fsp3) is 0. The number of carbonyl (C=O) groups excluding carboxylic acids is 1. The van der Waals surface area contributed by atoms with Crippen molar-refractivity contribution in [2.45, 2.75) is 0 Å². The van der Waals surface area contributed by atoms with Crippen molar-refractivity contribution in [1.82, 2.24) is 29.7 Å². The summed E-state index contributed by atoms with van der Waals surface area (Å²) in [6, 6.07) is 9.14. The van der Waals surface area contributed by atoms with E-state index in [2.05, 4.69) is 30.4 Å². The molecule has 0 aliphatic rings. The Kier molecular flexibility index (Phi) is 3.39. The standard InChI is InChI=1S/C16H11N7O/c24-15(14-10-17-12-4-1-2-5-13(12)22-14)21-11-8-18-16(19-9-11)23-7-3-6-20-23/h1-10H,(H,21,24). The lowest BCUT2D eigenvalue weighted by Gasteiger charge is -2.05. The Morgan fingerprint density at radius 2 is 1.75 bits per heavy atom. The number of benzene rings is 1. The third-order valence-corrected chi connectivity index (χ3v) is 3.29. The molecule has 8 nitrogen and oxygen atoms in total. The van der Waals surface area contributed by atoms with E-state index in [0.29, 0.717) is 17.2 Å². The molecule has 0 atom stereocenters. The molecule has 3 heterocycles. The van der Waals surface area contributed by atoms with E-state index in [9.17, 15) is 4.79 Å². The Bertz CT molecular complexity index is 997. The van der Waals surface area contributed by atoms with Gasteiger partial charge in [0.25, 0.3) is 11.9 Å². The largest absolute Gasteiger partial charge is 0.318 e. The predicted molar refractivity (Wildman–Crippen MR) is 86.6 cm³/mol. The van der Waals surface area contributed by atoms with Gasteiger partial charge in [-0.2, -0.15) is 5.10 Å². The van der Waals surface area contributed by atoms with Crippen molar-refractivity contribution < 1.29 is 4.79 Å². The van der Waals surface area contributed by atoms with Crippen LogP contribution in [-0.2, 0) is 0 Å². The number of para-hydroxylation sites is 2. The Hall–Kier alpha value is -3.68. The Balaban J connectivity index is 1.54. The van der Waals surface area contributed by atoms with Crippen molar-refractivity contribution in [3.05, 3.63) is 67.0 Å². The summed E-state index contributed by atoms with van der Waals surface area (Å²) in [7, 11) is 0. The maximum atomic E-state index is 12.3. The molecule has 3 aromatic heterocycles. The van der Waals surface area contributed by atoms with E-state index in [-0.39, 0.29) is 11.6 Å². The molecular weight excluding hydrogens is 306 g/mol. The second-order valence-electron chi connectivity index (χ2n) is 4.92. The van der Waals surface area contributed by atoms with Gasteiger partial charge >= 0.3 is 0 Å². The zero-order valence-electron chi connectivity index (χ0n) is 12.4. The average Bonchev–Trinajstić information content (AvgIpc) is 3.16. The van der Waals surface area contributed by atoms with Crippen LogP contribution >= 0.6 is 0 Å². The van der Waals surface area contributed by atoms with E-state index in [1.807, 2.05) is 18.2 Å². The maximum absolute atomic E-state index is 12.3. The van der Waals surface area contributed by atoms with Gasteiger partial charge in [0.15, 0.2) is 0 Å². The van der Waals surface area contributed by atoms with Gasteiger partial charge in [0.2, 0.25) is 0 Å². The van der Waals surface area contributed by atoms with E-state index in [4.69, 9.17) is 0 Å². The van der Waals surface area contributed by atoms with Gasteiger partial charge < -0.3 is 5.32 Å². The lowest BCUT2D eigenvalue weighted by molar-refractivity contribution is 0.102.